The number of nitrogens with one attached hydrogen (secondary N) is 1. The maximum atomic E-state index is 3.71. The molecule has 2 heterocycles. The highest BCUT2D eigenvalue weighted by molar-refractivity contribution is 7.99. The zero-order valence-corrected chi connectivity index (χ0v) is 25.8. The molecule has 1 N–H and O–H groups in total. The van der Waals surface area contributed by atoms with Gasteiger partial charge in [-0.3, -0.25) is 0 Å². The minimum atomic E-state index is 1.12. The van der Waals surface area contributed by atoms with Gasteiger partial charge >= 0.3 is 0 Å². The molecule has 0 bridgehead atoms. The number of anilines is 5. The molecule has 0 atom stereocenters. The van der Waals surface area contributed by atoms with Crippen LogP contribution in [0.2, 0.25) is 0 Å². The topological polar surface area (TPSA) is 20.2 Å². The minimum Gasteiger partial charge on any atom is -0.352 e. The van der Waals surface area contributed by atoms with E-state index in [-0.39, 0.29) is 0 Å². The standard InChI is InChI=1S/C42H29N3S/c1-2-13-32(14-3-1)44(38-19-10-12-31-11-4-5-15-35(31)38)33-25-21-29(22-26-33)30-23-27-34(28-24-30)45-39-18-8-6-16-36(39)41-42(45)46-40-20-9-7-17-37(40)43-41/h1-28,43H. The van der Waals surface area contributed by atoms with Crippen LogP contribution < -0.4 is 10.2 Å². The molecular formula is C42H29N3S. The molecular weight excluding hydrogens is 579 g/mol. The first kappa shape index (κ1) is 26.7. The lowest BCUT2D eigenvalue weighted by Crippen LogP contribution is -2.10. The SMILES string of the molecule is c1ccc(N(c2ccc(-c3ccc(-n4c5c(c6ccccc64)Nc4ccccc4S5)cc3)cc2)c2cccc3ccccc23)cc1. The zero-order chi connectivity index (χ0) is 30.5. The Morgan fingerprint density at radius 1 is 0.500 bits per heavy atom. The Hall–Kier alpha value is -5.71. The molecule has 1 aliphatic heterocycles. The third-order valence-electron chi connectivity index (χ3n) is 8.79. The van der Waals surface area contributed by atoms with Crippen molar-refractivity contribution in [1.29, 1.82) is 0 Å². The fraction of sp³-hybridized carbons (Fsp3) is 0. The predicted octanol–water partition coefficient (Wildman–Crippen LogP) is 12.1. The van der Waals surface area contributed by atoms with Crippen LogP contribution in [0.25, 0.3) is 38.5 Å². The number of hydrogen-bond donors (Lipinski definition) is 1. The highest BCUT2D eigenvalue weighted by Crippen LogP contribution is 2.50. The minimum absolute atomic E-state index is 1.12. The third-order valence-corrected chi connectivity index (χ3v) is 9.95. The van der Waals surface area contributed by atoms with Gasteiger partial charge in [0.05, 0.1) is 22.6 Å². The van der Waals surface area contributed by atoms with Gasteiger partial charge in [0.2, 0.25) is 0 Å². The second-order valence-corrected chi connectivity index (χ2v) is 12.5. The van der Waals surface area contributed by atoms with Crippen molar-refractivity contribution >= 4 is 61.9 Å². The van der Waals surface area contributed by atoms with Crippen LogP contribution in [0.3, 0.4) is 0 Å². The van der Waals surface area contributed by atoms with Crippen LogP contribution in [0.4, 0.5) is 28.4 Å². The Kier molecular flexibility index (Phi) is 6.39. The van der Waals surface area contributed by atoms with Crippen LogP contribution in [0.1, 0.15) is 0 Å². The van der Waals surface area contributed by atoms with Crippen molar-refractivity contribution in [2.75, 3.05) is 10.2 Å². The Morgan fingerprint density at radius 3 is 1.96 bits per heavy atom. The molecule has 1 aliphatic rings. The van der Waals surface area contributed by atoms with Crippen molar-refractivity contribution in [3.8, 4) is 16.8 Å². The first-order valence-corrected chi connectivity index (χ1v) is 16.3. The Labute approximate surface area is 272 Å². The van der Waals surface area contributed by atoms with E-state index in [4.69, 9.17) is 0 Å². The van der Waals surface area contributed by atoms with Crippen molar-refractivity contribution in [3.05, 3.63) is 170 Å². The Bertz CT molecular complexity index is 2350. The van der Waals surface area contributed by atoms with E-state index in [0.29, 0.717) is 0 Å². The molecule has 7 aromatic carbocycles. The number of nitrogens with zero attached hydrogens (tertiary/aromatic N) is 2. The lowest BCUT2D eigenvalue weighted by molar-refractivity contribution is 0.989. The number of hydrogen-bond acceptors (Lipinski definition) is 3. The van der Waals surface area contributed by atoms with Crippen molar-refractivity contribution in [2.45, 2.75) is 9.92 Å². The number of rotatable bonds is 5. The van der Waals surface area contributed by atoms with Gasteiger partial charge in [-0.25, -0.2) is 0 Å². The van der Waals surface area contributed by atoms with Gasteiger partial charge in [-0.15, -0.1) is 0 Å². The van der Waals surface area contributed by atoms with E-state index in [2.05, 4.69) is 185 Å². The van der Waals surface area contributed by atoms with Crippen LogP contribution in [-0.4, -0.2) is 4.57 Å². The molecule has 9 rings (SSSR count). The summed E-state index contributed by atoms with van der Waals surface area (Å²) in [4.78, 5) is 3.59. The van der Waals surface area contributed by atoms with E-state index in [1.807, 2.05) is 11.8 Å². The molecule has 1 aromatic heterocycles. The number of benzene rings is 7. The molecule has 0 spiro atoms. The molecule has 0 saturated heterocycles. The molecule has 3 nitrogen and oxygen atoms in total. The average Bonchev–Trinajstić information content (AvgIpc) is 3.45. The number of para-hydroxylation sites is 3. The van der Waals surface area contributed by atoms with Crippen molar-refractivity contribution < 1.29 is 0 Å². The van der Waals surface area contributed by atoms with E-state index in [1.165, 1.54) is 54.1 Å². The van der Waals surface area contributed by atoms with Gasteiger partial charge in [-0.1, -0.05) is 121 Å². The summed E-state index contributed by atoms with van der Waals surface area (Å²) in [7, 11) is 0. The number of aromatic nitrogens is 1. The first-order valence-electron chi connectivity index (χ1n) is 15.5. The summed E-state index contributed by atoms with van der Waals surface area (Å²) in [5.74, 6) is 0. The Morgan fingerprint density at radius 2 is 1.13 bits per heavy atom. The lowest BCUT2D eigenvalue weighted by Gasteiger charge is -2.27. The molecule has 0 radical (unpaired) electrons. The summed E-state index contributed by atoms with van der Waals surface area (Å²) < 4.78 is 2.38. The van der Waals surface area contributed by atoms with Gasteiger partial charge in [0, 0.05) is 32.7 Å². The van der Waals surface area contributed by atoms with E-state index >= 15 is 0 Å². The van der Waals surface area contributed by atoms with Crippen LogP contribution >= 0.6 is 11.8 Å². The van der Waals surface area contributed by atoms with Crippen LogP contribution in [0.5, 0.6) is 0 Å². The molecule has 0 saturated carbocycles. The fourth-order valence-corrected chi connectivity index (χ4v) is 7.74. The molecule has 46 heavy (non-hydrogen) atoms. The van der Waals surface area contributed by atoms with Crippen molar-refractivity contribution in [3.63, 3.8) is 0 Å². The quantitative estimate of drug-likeness (QED) is 0.210. The molecule has 4 heteroatoms. The molecule has 0 fully saturated rings. The first-order chi connectivity index (χ1) is 22.8. The average molecular weight is 608 g/mol. The monoisotopic (exact) mass is 607 g/mol. The van der Waals surface area contributed by atoms with Gasteiger partial charge in [0.1, 0.15) is 5.03 Å². The summed E-state index contributed by atoms with van der Waals surface area (Å²) in [5, 5.41) is 8.61. The zero-order valence-electron chi connectivity index (χ0n) is 25.0. The Balaban J connectivity index is 1.08. The van der Waals surface area contributed by atoms with Gasteiger partial charge in [-0.2, -0.15) is 0 Å². The van der Waals surface area contributed by atoms with Gasteiger partial charge in [-0.05, 0) is 77.2 Å². The summed E-state index contributed by atoms with van der Waals surface area (Å²) >= 11 is 1.83. The summed E-state index contributed by atoms with van der Waals surface area (Å²) in [6.07, 6.45) is 0. The predicted molar refractivity (Wildman–Crippen MR) is 195 cm³/mol. The summed E-state index contributed by atoms with van der Waals surface area (Å²) in [6, 6.07) is 60.8. The van der Waals surface area contributed by atoms with Crippen molar-refractivity contribution in [2.24, 2.45) is 0 Å². The highest BCUT2D eigenvalue weighted by atomic mass is 32.2. The fourth-order valence-electron chi connectivity index (χ4n) is 6.60. The second-order valence-electron chi connectivity index (χ2n) is 11.5. The highest BCUT2D eigenvalue weighted by Gasteiger charge is 2.24. The van der Waals surface area contributed by atoms with E-state index in [0.717, 1.165) is 22.7 Å². The molecule has 0 amide bonds. The number of fused-ring (bicyclic) bond motifs is 5. The third kappa shape index (κ3) is 4.46. The van der Waals surface area contributed by atoms with Crippen LogP contribution in [-0.2, 0) is 0 Å². The van der Waals surface area contributed by atoms with Gasteiger partial charge in [0.15, 0.2) is 0 Å². The van der Waals surface area contributed by atoms with Crippen LogP contribution in [0, 0.1) is 0 Å². The lowest BCUT2D eigenvalue weighted by atomic mass is 10.0. The smallest absolute Gasteiger partial charge is 0.109 e. The van der Waals surface area contributed by atoms with E-state index in [9.17, 15) is 0 Å². The maximum Gasteiger partial charge on any atom is 0.109 e. The largest absolute Gasteiger partial charge is 0.352 e. The van der Waals surface area contributed by atoms with E-state index in [1.54, 1.807) is 0 Å². The summed E-state index contributed by atoms with van der Waals surface area (Å²) in [5.41, 5.74) is 10.5. The van der Waals surface area contributed by atoms with Crippen molar-refractivity contribution in [1.82, 2.24) is 4.57 Å². The molecule has 8 aromatic rings. The van der Waals surface area contributed by atoms with Crippen LogP contribution in [0.15, 0.2) is 180 Å². The summed E-state index contributed by atoms with van der Waals surface area (Å²) in [6.45, 7) is 0. The molecule has 0 aliphatic carbocycles. The molecule has 218 valence electrons. The maximum absolute atomic E-state index is 3.71. The van der Waals surface area contributed by atoms with E-state index < -0.39 is 0 Å². The normalized spacial score (nSPS) is 12.0. The van der Waals surface area contributed by atoms with Gasteiger partial charge in [0.25, 0.3) is 0 Å². The molecule has 0 unspecified atom stereocenters. The second kappa shape index (κ2) is 11.0. The van der Waals surface area contributed by atoms with Gasteiger partial charge < -0.3 is 14.8 Å².